The van der Waals surface area contributed by atoms with Gasteiger partial charge in [0.2, 0.25) is 0 Å². The van der Waals surface area contributed by atoms with Crippen molar-refractivity contribution in [2.24, 2.45) is 11.3 Å². The van der Waals surface area contributed by atoms with E-state index in [1.165, 1.54) is 31.6 Å². The van der Waals surface area contributed by atoms with Crippen LogP contribution in [0.5, 0.6) is 0 Å². The van der Waals surface area contributed by atoms with Crippen molar-refractivity contribution in [1.29, 1.82) is 0 Å². The molecule has 1 N–H and O–H groups in total. The zero-order chi connectivity index (χ0) is 13.2. The highest BCUT2D eigenvalue weighted by molar-refractivity contribution is 5.41. The second-order valence-electron chi connectivity index (χ2n) is 6.25. The maximum absolute atomic E-state index is 12.5. The van der Waals surface area contributed by atoms with Gasteiger partial charge >= 0.3 is 0 Å². The first-order valence-electron chi connectivity index (χ1n) is 6.81. The number of hydrogen-bond acceptors (Lipinski definition) is 3. The van der Waals surface area contributed by atoms with Crippen molar-refractivity contribution in [3.05, 3.63) is 23.9 Å². The molecule has 1 spiro atoms. The van der Waals surface area contributed by atoms with E-state index in [4.69, 9.17) is 0 Å². The number of rotatable bonds is 3. The minimum atomic E-state index is -2.44. The van der Waals surface area contributed by atoms with Gasteiger partial charge in [-0.3, -0.25) is 0 Å². The van der Waals surface area contributed by atoms with Crippen LogP contribution in [0, 0.1) is 11.3 Å². The van der Waals surface area contributed by atoms with E-state index in [0.29, 0.717) is 23.3 Å². The monoisotopic (exact) mass is 265 g/mol. The van der Waals surface area contributed by atoms with Crippen molar-refractivity contribution >= 4 is 5.82 Å². The Morgan fingerprint density at radius 1 is 1.42 bits per heavy atom. The summed E-state index contributed by atoms with van der Waals surface area (Å²) < 4.78 is 24.9. The van der Waals surface area contributed by atoms with Gasteiger partial charge in [0.1, 0.15) is 5.82 Å². The van der Waals surface area contributed by atoms with Crippen molar-refractivity contribution in [2.45, 2.75) is 31.4 Å². The highest BCUT2D eigenvalue weighted by atomic mass is 19.3. The van der Waals surface area contributed by atoms with Crippen LogP contribution >= 0.6 is 0 Å². The number of anilines is 1. The predicted molar refractivity (Wildman–Crippen MR) is 68.2 cm³/mol. The standard InChI is InChI=1S/C14H17F2N3/c1-19-7-9-4-14(9)5-10(12(14)19)18-11-3-2-8(6-17-11)13(15)16/h2-3,6,9-10,12-13H,4-5,7H2,1H3,(H,17,18). The maximum Gasteiger partial charge on any atom is 0.265 e. The van der Waals surface area contributed by atoms with Crippen LogP contribution in [0.2, 0.25) is 0 Å². The lowest BCUT2D eigenvalue weighted by Gasteiger charge is -2.47. The molecule has 2 heterocycles. The van der Waals surface area contributed by atoms with E-state index in [1.54, 1.807) is 6.07 Å². The van der Waals surface area contributed by atoms with E-state index in [1.807, 2.05) is 0 Å². The molecule has 3 nitrogen and oxygen atoms in total. The van der Waals surface area contributed by atoms with E-state index in [-0.39, 0.29) is 5.56 Å². The molecule has 3 aliphatic rings. The van der Waals surface area contributed by atoms with Gasteiger partial charge in [0.05, 0.1) is 0 Å². The molecule has 19 heavy (non-hydrogen) atoms. The third-order valence-electron chi connectivity index (χ3n) is 5.20. The number of halogens is 2. The van der Waals surface area contributed by atoms with Gasteiger partial charge in [-0.05, 0) is 43.4 Å². The summed E-state index contributed by atoms with van der Waals surface area (Å²) in [6.07, 6.45) is 1.39. The van der Waals surface area contributed by atoms with Crippen LogP contribution in [0.3, 0.4) is 0 Å². The molecule has 0 radical (unpaired) electrons. The number of likely N-dealkylation sites (N-methyl/N-ethyl adjacent to an activating group) is 1. The molecule has 4 atom stereocenters. The molecule has 1 aromatic rings. The lowest BCUT2D eigenvalue weighted by atomic mass is 9.71. The first kappa shape index (κ1) is 11.6. The Morgan fingerprint density at radius 2 is 2.26 bits per heavy atom. The Labute approximate surface area is 111 Å². The van der Waals surface area contributed by atoms with E-state index >= 15 is 0 Å². The summed E-state index contributed by atoms with van der Waals surface area (Å²) in [6.45, 7) is 1.21. The third-order valence-corrected chi connectivity index (χ3v) is 5.20. The number of alkyl halides is 2. The Kier molecular flexibility index (Phi) is 2.23. The molecule has 0 aromatic carbocycles. The van der Waals surface area contributed by atoms with Gasteiger partial charge in [-0.15, -0.1) is 0 Å². The molecule has 5 heteroatoms. The van der Waals surface area contributed by atoms with Gasteiger partial charge in [-0.25, -0.2) is 13.8 Å². The number of hydrogen-bond donors (Lipinski definition) is 1. The number of pyridine rings is 1. The van der Waals surface area contributed by atoms with Crippen LogP contribution in [0.1, 0.15) is 24.8 Å². The summed E-state index contributed by atoms with van der Waals surface area (Å²) in [5.41, 5.74) is 0.561. The second kappa shape index (κ2) is 3.66. The minimum absolute atomic E-state index is 0.0177. The third kappa shape index (κ3) is 1.54. The fraction of sp³-hybridized carbons (Fsp3) is 0.643. The molecule has 102 valence electrons. The number of likely N-dealkylation sites (tertiary alicyclic amines) is 1. The van der Waals surface area contributed by atoms with Crippen LogP contribution in [0.25, 0.3) is 0 Å². The van der Waals surface area contributed by atoms with Gasteiger partial charge in [-0.1, -0.05) is 0 Å². The first-order chi connectivity index (χ1) is 9.10. The molecule has 1 saturated heterocycles. The Morgan fingerprint density at radius 3 is 2.89 bits per heavy atom. The average molecular weight is 265 g/mol. The summed E-state index contributed by atoms with van der Waals surface area (Å²) in [4.78, 5) is 6.52. The van der Waals surface area contributed by atoms with Crippen LogP contribution < -0.4 is 5.32 Å². The van der Waals surface area contributed by atoms with E-state index in [9.17, 15) is 8.78 Å². The summed E-state index contributed by atoms with van der Waals surface area (Å²) >= 11 is 0. The highest BCUT2D eigenvalue weighted by Gasteiger charge is 2.73. The molecule has 4 unspecified atom stereocenters. The van der Waals surface area contributed by atoms with Crippen molar-refractivity contribution in [2.75, 3.05) is 18.9 Å². The molecular weight excluding hydrogens is 248 g/mol. The summed E-state index contributed by atoms with van der Waals surface area (Å²) in [5, 5.41) is 3.40. The van der Waals surface area contributed by atoms with Crippen LogP contribution in [0.15, 0.2) is 18.3 Å². The number of nitrogens with one attached hydrogen (secondary N) is 1. The summed E-state index contributed by atoms with van der Waals surface area (Å²) in [5.74, 6) is 1.61. The SMILES string of the molecule is CN1CC2CC23CC(Nc2ccc(C(F)F)cn2)C13. The number of nitrogens with zero attached hydrogens (tertiary/aromatic N) is 2. The maximum atomic E-state index is 12.5. The molecule has 1 aliphatic heterocycles. The van der Waals surface area contributed by atoms with E-state index < -0.39 is 6.43 Å². The lowest BCUT2D eigenvalue weighted by molar-refractivity contribution is 0.0978. The highest BCUT2D eigenvalue weighted by Crippen LogP contribution is 2.71. The quantitative estimate of drug-likeness (QED) is 0.910. The van der Waals surface area contributed by atoms with Crippen molar-refractivity contribution in [3.8, 4) is 0 Å². The average Bonchev–Trinajstić information content (AvgIpc) is 2.99. The molecule has 0 amide bonds. The Balaban J connectivity index is 1.45. The minimum Gasteiger partial charge on any atom is -0.366 e. The van der Waals surface area contributed by atoms with Gasteiger partial charge in [0.15, 0.2) is 0 Å². The van der Waals surface area contributed by atoms with Gasteiger partial charge in [0.25, 0.3) is 6.43 Å². The lowest BCUT2D eigenvalue weighted by Crippen LogP contribution is -2.57. The smallest absolute Gasteiger partial charge is 0.265 e. The van der Waals surface area contributed by atoms with Gasteiger partial charge in [0, 0.05) is 30.4 Å². The topological polar surface area (TPSA) is 28.2 Å². The summed E-state index contributed by atoms with van der Waals surface area (Å²) in [6, 6.07) is 4.13. The fourth-order valence-electron chi connectivity index (χ4n) is 4.29. The molecule has 2 saturated carbocycles. The largest absolute Gasteiger partial charge is 0.366 e. The molecule has 1 aromatic heterocycles. The van der Waals surface area contributed by atoms with E-state index in [2.05, 4.69) is 22.2 Å². The molecule has 4 rings (SSSR count). The first-order valence-corrected chi connectivity index (χ1v) is 6.81. The molecule has 2 aliphatic carbocycles. The second-order valence-corrected chi connectivity index (χ2v) is 6.25. The van der Waals surface area contributed by atoms with Crippen LogP contribution in [-0.2, 0) is 0 Å². The van der Waals surface area contributed by atoms with Crippen molar-refractivity contribution in [3.63, 3.8) is 0 Å². The zero-order valence-corrected chi connectivity index (χ0v) is 10.8. The fourth-order valence-corrected chi connectivity index (χ4v) is 4.29. The van der Waals surface area contributed by atoms with Gasteiger partial charge in [-0.2, -0.15) is 0 Å². The molecular formula is C14H17F2N3. The van der Waals surface area contributed by atoms with E-state index in [0.717, 1.165) is 5.92 Å². The van der Waals surface area contributed by atoms with Crippen LogP contribution in [0.4, 0.5) is 14.6 Å². The Hall–Kier alpha value is -1.23. The van der Waals surface area contributed by atoms with Crippen molar-refractivity contribution in [1.82, 2.24) is 9.88 Å². The van der Waals surface area contributed by atoms with Crippen molar-refractivity contribution < 1.29 is 8.78 Å². The van der Waals surface area contributed by atoms with Gasteiger partial charge < -0.3 is 10.2 Å². The molecule has 0 bridgehead atoms. The number of aromatic nitrogens is 1. The number of piperidine rings is 1. The predicted octanol–water partition coefficient (Wildman–Crippen LogP) is 2.52. The molecule has 3 fully saturated rings. The van der Waals surface area contributed by atoms with Crippen LogP contribution in [-0.4, -0.2) is 35.6 Å². The zero-order valence-electron chi connectivity index (χ0n) is 10.8. The normalized spacial score (nSPS) is 39.7. The Bertz CT molecular complexity index is 504. The summed E-state index contributed by atoms with van der Waals surface area (Å²) in [7, 11) is 2.18.